The number of amides is 1. The van der Waals surface area contributed by atoms with E-state index in [1.54, 1.807) is 36.1 Å². The number of Topliss-reactive ketones (excluding diaryl/α,β-unsaturated/α-hetero) is 1. The average molecular weight is 283 g/mol. The molecule has 0 aliphatic carbocycles. The Kier molecular flexibility index (Phi) is 3.29. The summed E-state index contributed by atoms with van der Waals surface area (Å²) in [6.45, 7) is 1.98. The van der Waals surface area contributed by atoms with Crippen molar-refractivity contribution in [3.05, 3.63) is 65.0 Å². The maximum atomic E-state index is 13.3. The monoisotopic (exact) mass is 283 g/mol. The number of ketones is 1. The van der Waals surface area contributed by atoms with Crippen molar-refractivity contribution >= 4 is 17.4 Å². The Balaban J connectivity index is 2.01. The summed E-state index contributed by atoms with van der Waals surface area (Å²) in [5, 5.41) is 0. The summed E-state index contributed by atoms with van der Waals surface area (Å²) in [6, 6.07) is 11.4. The van der Waals surface area contributed by atoms with E-state index in [9.17, 15) is 14.0 Å². The highest BCUT2D eigenvalue weighted by molar-refractivity contribution is 6.13. The zero-order valence-corrected chi connectivity index (χ0v) is 11.6. The Bertz CT molecular complexity index is 739. The molecular formula is C17H14FNO2. The molecule has 0 aromatic heterocycles. The molecule has 4 heteroatoms. The first kappa shape index (κ1) is 13.5. The quantitative estimate of drug-likeness (QED) is 0.804. The Morgan fingerprint density at radius 2 is 1.95 bits per heavy atom. The van der Waals surface area contributed by atoms with Crippen LogP contribution in [0, 0.1) is 12.7 Å². The van der Waals surface area contributed by atoms with E-state index in [0.717, 1.165) is 0 Å². The van der Waals surface area contributed by atoms with Gasteiger partial charge in [0.25, 0.3) is 5.91 Å². The van der Waals surface area contributed by atoms with Gasteiger partial charge in [0.15, 0.2) is 5.78 Å². The summed E-state index contributed by atoms with van der Waals surface area (Å²) in [6.07, 6.45) is 0.308. The zero-order chi connectivity index (χ0) is 15.0. The number of hydrogen-bond donors (Lipinski definition) is 0. The maximum absolute atomic E-state index is 13.3. The molecule has 0 saturated heterocycles. The van der Waals surface area contributed by atoms with Crippen LogP contribution in [0.3, 0.4) is 0 Å². The first-order valence-corrected chi connectivity index (χ1v) is 6.78. The third-order valence-corrected chi connectivity index (χ3v) is 3.71. The predicted molar refractivity (Wildman–Crippen MR) is 78.2 cm³/mol. The van der Waals surface area contributed by atoms with Gasteiger partial charge in [-0.3, -0.25) is 9.59 Å². The third kappa shape index (κ3) is 2.33. The minimum Gasteiger partial charge on any atom is -0.307 e. The fraction of sp³-hybridized carbons (Fsp3) is 0.176. The lowest BCUT2D eigenvalue weighted by atomic mass is 9.99. The van der Waals surface area contributed by atoms with Crippen molar-refractivity contribution in [2.24, 2.45) is 0 Å². The van der Waals surface area contributed by atoms with Gasteiger partial charge in [0, 0.05) is 24.1 Å². The molecule has 2 aromatic carbocycles. The van der Waals surface area contributed by atoms with Crippen LogP contribution in [0.5, 0.6) is 0 Å². The first-order chi connectivity index (χ1) is 10.1. The molecule has 1 amide bonds. The number of para-hydroxylation sites is 1. The zero-order valence-electron chi connectivity index (χ0n) is 11.6. The minimum atomic E-state index is -0.333. The molecule has 0 unspecified atom stereocenters. The van der Waals surface area contributed by atoms with Crippen molar-refractivity contribution in [3.8, 4) is 0 Å². The summed E-state index contributed by atoms with van der Waals surface area (Å²) < 4.78 is 13.3. The molecule has 0 saturated carbocycles. The lowest BCUT2D eigenvalue weighted by Crippen LogP contribution is -2.37. The summed E-state index contributed by atoms with van der Waals surface area (Å²) in [5.74, 6) is -0.497. The van der Waals surface area contributed by atoms with Gasteiger partial charge in [-0.2, -0.15) is 0 Å². The molecule has 0 atom stereocenters. The van der Waals surface area contributed by atoms with Crippen LogP contribution >= 0.6 is 0 Å². The van der Waals surface area contributed by atoms with Crippen LogP contribution in [0.15, 0.2) is 42.5 Å². The predicted octanol–water partition coefficient (Wildman–Crippen LogP) is 3.37. The van der Waals surface area contributed by atoms with Crippen molar-refractivity contribution in [1.82, 2.24) is 0 Å². The first-order valence-electron chi connectivity index (χ1n) is 6.78. The molecule has 1 heterocycles. The van der Waals surface area contributed by atoms with Crippen LogP contribution in [-0.2, 0) is 0 Å². The van der Waals surface area contributed by atoms with E-state index in [1.807, 2.05) is 0 Å². The number of fused-ring (bicyclic) bond motifs is 1. The molecule has 0 bridgehead atoms. The molecule has 0 fully saturated rings. The lowest BCUT2D eigenvalue weighted by Gasteiger charge is -2.28. The van der Waals surface area contributed by atoms with Crippen LogP contribution in [0.1, 0.15) is 32.7 Å². The topological polar surface area (TPSA) is 37.4 Å². The van der Waals surface area contributed by atoms with Crippen molar-refractivity contribution in [3.63, 3.8) is 0 Å². The standard InChI is InChI=1S/C17H14FNO2/c1-11-10-12(6-7-14(11)18)17(21)19-9-8-16(20)13-4-2-3-5-15(13)19/h2-7,10H,8-9H2,1H3. The summed E-state index contributed by atoms with van der Waals surface area (Å²) in [4.78, 5) is 26.1. The highest BCUT2D eigenvalue weighted by Crippen LogP contribution is 2.28. The van der Waals surface area contributed by atoms with Crippen molar-refractivity contribution in [2.75, 3.05) is 11.4 Å². The Morgan fingerprint density at radius 3 is 2.71 bits per heavy atom. The number of carbonyl (C=O) groups excluding carboxylic acids is 2. The van der Waals surface area contributed by atoms with Crippen molar-refractivity contribution in [2.45, 2.75) is 13.3 Å². The second-order valence-corrected chi connectivity index (χ2v) is 5.11. The van der Waals surface area contributed by atoms with Crippen molar-refractivity contribution < 1.29 is 14.0 Å². The average Bonchev–Trinajstić information content (AvgIpc) is 2.50. The van der Waals surface area contributed by atoms with Gasteiger partial charge in [0.1, 0.15) is 5.82 Å². The number of benzene rings is 2. The highest BCUT2D eigenvalue weighted by atomic mass is 19.1. The molecule has 0 spiro atoms. The van der Waals surface area contributed by atoms with Gasteiger partial charge in [0.05, 0.1) is 5.69 Å². The summed E-state index contributed by atoms with van der Waals surface area (Å²) in [5.41, 5.74) is 2.05. The van der Waals surface area contributed by atoms with Gasteiger partial charge in [0.2, 0.25) is 0 Å². The largest absolute Gasteiger partial charge is 0.307 e. The fourth-order valence-electron chi connectivity index (χ4n) is 2.56. The van der Waals surface area contributed by atoms with Gasteiger partial charge < -0.3 is 4.90 Å². The number of rotatable bonds is 1. The molecule has 2 aromatic rings. The van der Waals surface area contributed by atoms with Gasteiger partial charge in [-0.1, -0.05) is 12.1 Å². The van der Waals surface area contributed by atoms with E-state index in [4.69, 9.17) is 0 Å². The lowest BCUT2D eigenvalue weighted by molar-refractivity contribution is 0.0955. The van der Waals surface area contributed by atoms with Crippen molar-refractivity contribution in [1.29, 1.82) is 0 Å². The number of nitrogens with zero attached hydrogens (tertiary/aromatic N) is 1. The van der Waals surface area contributed by atoms with E-state index in [2.05, 4.69) is 0 Å². The molecule has 3 nitrogen and oxygen atoms in total. The molecule has 1 aliphatic heterocycles. The fourth-order valence-corrected chi connectivity index (χ4v) is 2.56. The van der Waals surface area contributed by atoms with E-state index < -0.39 is 0 Å². The van der Waals surface area contributed by atoms with E-state index in [1.165, 1.54) is 18.2 Å². The van der Waals surface area contributed by atoms with Gasteiger partial charge in [-0.25, -0.2) is 4.39 Å². The van der Waals surface area contributed by atoms with E-state index in [-0.39, 0.29) is 17.5 Å². The molecule has 0 N–H and O–H groups in total. The smallest absolute Gasteiger partial charge is 0.258 e. The molecule has 1 aliphatic rings. The molecule has 0 radical (unpaired) electrons. The second-order valence-electron chi connectivity index (χ2n) is 5.11. The number of carbonyl (C=O) groups is 2. The Hall–Kier alpha value is -2.49. The number of halogens is 1. The highest BCUT2D eigenvalue weighted by Gasteiger charge is 2.27. The minimum absolute atomic E-state index is 0.0462. The molecular weight excluding hydrogens is 269 g/mol. The van der Waals surface area contributed by atoms with E-state index in [0.29, 0.717) is 35.3 Å². The van der Waals surface area contributed by atoms with Gasteiger partial charge in [-0.15, -0.1) is 0 Å². The number of aryl methyl sites for hydroxylation is 1. The van der Waals surface area contributed by atoms with Gasteiger partial charge in [-0.05, 0) is 42.8 Å². The molecule has 106 valence electrons. The van der Waals surface area contributed by atoms with E-state index >= 15 is 0 Å². The van der Waals surface area contributed by atoms with Crippen LogP contribution in [0.25, 0.3) is 0 Å². The molecule has 21 heavy (non-hydrogen) atoms. The summed E-state index contributed by atoms with van der Waals surface area (Å²) >= 11 is 0. The Morgan fingerprint density at radius 1 is 1.19 bits per heavy atom. The summed E-state index contributed by atoms with van der Waals surface area (Å²) in [7, 11) is 0. The Labute approximate surface area is 122 Å². The third-order valence-electron chi connectivity index (χ3n) is 3.71. The van der Waals surface area contributed by atoms with Crippen LogP contribution in [0.4, 0.5) is 10.1 Å². The van der Waals surface area contributed by atoms with Crippen LogP contribution < -0.4 is 4.90 Å². The van der Waals surface area contributed by atoms with Crippen LogP contribution in [0.2, 0.25) is 0 Å². The number of hydrogen-bond acceptors (Lipinski definition) is 2. The maximum Gasteiger partial charge on any atom is 0.258 e. The second kappa shape index (κ2) is 5.13. The SMILES string of the molecule is Cc1cc(C(=O)N2CCC(=O)c3ccccc32)ccc1F. The normalized spacial score (nSPS) is 14.0. The number of anilines is 1. The molecule has 3 rings (SSSR count). The van der Waals surface area contributed by atoms with Crippen LogP contribution in [-0.4, -0.2) is 18.2 Å². The van der Waals surface area contributed by atoms with Gasteiger partial charge >= 0.3 is 0 Å².